The maximum absolute atomic E-state index is 13.8. The van der Waals surface area contributed by atoms with Crippen molar-refractivity contribution in [2.75, 3.05) is 52.0 Å². The summed E-state index contributed by atoms with van der Waals surface area (Å²) in [6.07, 6.45) is -14.7. The monoisotopic (exact) mass is 1170 g/mol. The van der Waals surface area contributed by atoms with Crippen molar-refractivity contribution in [3.8, 4) is 0 Å². The van der Waals surface area contributed by atoms with E-state index in [-0.39, 0.29) is 34.1 Å². The molecule has 0 bridgehead atoms. The molecule has 77 heavy (non-hydrogen) atoms. The van der Waals surface area contributed by atoms with Gasteiger partial charge in [0.25, 0.3) is 17.1 Å². The average Bonchev–Trinajstić information content (AvgIpc) is 4.13. The van der Waals surface area contributed by atoms with Crippen LogP contribution >= 0.6 is 31.1 Å². The summed E-state index contributed by atoms with van der Waals surface area (Å²) in [6, 6.07) is 0.952. The number of aliphatic hydroxyl groups is 3. The number of aliphatic hydroxyl groups excluding tert-OH is 3. The highest BCUT2D eigenvalue weighted by Crippen LogP contribution is 2.68. The first-order valence-corrected chi connectivity index (χ1v) is 28.7. The molecule has 13 N–H and O–H groups in total. The number of phosphoric ester groups is 2. The molecule has 37 nitrogen and oxygen atoms in total. The van der Waals surface area contributed by atoms with E-state index in [1.807, 2.05) is 4.98 Å². The van der Waals surface area contributed by atoms with Gasteiger partial charge in [0, 0.05) is 45.8 Å². The van der Waals surface area contributed by atoms with Gasteiger partial charge in [0.1, 0.15) is 48.5 Å². The zero-order valence-corrected chi connectivity index (χ0v) is 44.0. The van der Waals surface area contributed by atoms with Gasteiger partial charge in [-0.15, -0.1) is 0 Å². The summed E-state index contributed by atoms with van der Waals surface area (Å²) in [6.45, 7) is -2.28. The van der Waals surface area contributed by atoms with Crippen LogP contribution in [0.25, 0.3) is 22.3 Å². The Hall–Kier alpha value is -5.07. The second kappa shape index (κ2) is 22.2. The van der Waals surface area contributed by atoms with E-state index in [2.05, 4.69) is 33.5 Å². The van der Waals surface area contributed by atoms with Gasteiger partial charge in [-0.1, -0.05) is 4.98 Å². The van der Waals surface area contributed by atoms with E-state index in [0.717, 1.165) is 30.3 Å². The lowest BCUT2D eigenvalue weighted by Crippen LogP contribution is -2.45. The van der Waals surface area contributed by atoms with Crippen LogP contribution in [0.1, 0.15) is 31.5 Å². The van der Waals surface area contributed by atoms with Gasteiger partial charge in [-0.05, 0) is 6.42 Å². The Morgan fingerprint density at radius 1 is 0.844 bits per heavy atom. The first-order valence-electron chi connectivity index (χ1n) is 22.4. The highest BCUT2D eigenvalue weighted by atomic mass is 31.3. The average molecular weight is 1170 g/mol. The van der Waals surface area contributed by atoms with Crippen LogP contribution in [0.2, 0.25) is 0 Å². The van der Waals surface area contributed by atoms with Crippen LogP contribution in [0.5, 0.6) is 0 Å². The zero-order chi connectivity index (χ0) is 56.3. The second-order valence-electron chi connectivity index (χ2n) is 17.8. The number of aromatic nitrogens is 10. The minimum atomic E-state index is -6.22. The molecule has 41 heteroatoms. The van der Waals surface area contributed by atoms with Crippen LogP contribution in [0.4, 0.5) is 11.8 Å². The van der Waals surface area contributed by atoms with E-state index in [1.165, 1.54) is 52.4 Å². The van der Waals surface area contributed by atoms with Gasteiger partial charge in [0.15, 0.2) is 30.2 Å². The van der Waals surface area contributed by atoms with Crippen LogP contribution in [0, 0.1) is 5.92 Å². The first kappa shape index (κ1) is 58.1. The number of rotatable bonds is 21. The van der Waals surface area contributed by atoms with Gasteiger partial charge in [-0.3, -0.25) is 56.2 Å². The molecule has 0 spiro atoms. The van der Waals surface area contributed by atoms with Crippen molar-refractivity contribution < 1.29 is 104 Å². The molecule has 3 saturated heterocycles. The van der Waals surface area contributed by atoms with E-state index in [9.17, 15) is 72.3 Å². The van der Waals surface area contributed by atoms with Crippen molar-refractivity contribution in [1.82, 2.24) is 48.5 Å². The molecule has 3 aliphatic rings. The predicted octanol–water partition coefficient (Wildman–Crippen LogP) is -3.68. The van der Waals surface area contributed by atoms with Crippen LogP contribution in [-0.2, 0) is 71.2 Å². The van der Waals surface area contributed by atoms with E-state index < -0.39 is 159 Å². The number of hydrogen-bond donors (Lipinski definition) is 11. The quantitative estimate of drug-likeness (QED) is 0.0249. The number of methoxy groups -OCH3 is 1. The largest absolute Gasteiger partial charge is 0.490 e. The van der Waals surface area contributed by atoms with Crippen molar-refractivity contribution in [3.63, 3.8) is 0 Å². The maximum Gasteiger partial charge on any atom is 0.490 e. The molecule has 8 rings (SSSR count). The van der Waals surface area contributed by atoms with E-state index in [4.69, 9.17) is 44.0 Å². The number of fused-ring (bicyclic) bond motifs is 2. The van der Waals surface area contributed by atoms with E-state index in [0.29, 0.717) is 0 Å². The number of nitrogens with zero attached hydrogens (tertiary/aromatic N) is 9. The topological polar surface area (TPSA) is 518 Å². The number of aromatic amines is 2. The maximum atomic E-state index is 13.8. The summed E-state index contributed by atoms with van der Waals surface area (Å²) in [5.41, 5.74) is 9.30. The Morgan fingerprint density at radius 2 is 1.51 bits per heavy atom. The molecule has 3 fully saturated rings. The summed E-state index contributed by atoms with van der Waals surface area (Å²) in [5.74, 6) is -2.16. The molecule has 0 radical (unpaired) electrons. The third kappa shape index (κ3) is 12.5. The lowest BCUT2D eigenvalue weighted by molar-refractivity contribution is -0.745. The molecule has 424 valence electrons. The van der Waals surface area contributed by atoms with Gasteiger partial charge in [0.05, 0.1) is 45.0 Å². The number of hydrogen-bond acceptors (Lipinski definition) is 26. The number of imidazole rings is 2. The normalized spacial score (nSPS) is 29.8. The van der Waals surface area contributed by atoms with Gasteiger partial charge < -0.3 is 70.2 Å². The Balaban J connectivity index is 0.951. The van der Waals surface area contributed by atoms with Crippen molar-refractivity contribution in [2.45, 2.75) is 80.4 Å². The van der Waals surface area contributed by atoms with Crippen molar-refractivity contribution in [1.29, 1.82) is 0 Å². The molecule has 16 atom stereocenters. The highest BCUT2D eigenvalue weighted by molar-refractivity contribution is 7.66. The molecule has 0 aliphatic carbocycles. The lowest BCUT2D eigenvalue weighted by atomic mass is 9.94. The summed E-state index contributed by atoms with van der Waals surface area (Å²) < 4.78 is 105. The van der Waals surface area contributed by atoms with Gasteiger partial charge >= 0.3 is 42.4 Å². The standard InChI is InChI=1S/C36H51N13O24P4/c1-45(2)20(51)9-15-17(69-32(23(15)52)49-14-46(3)22-30(49)43-35(38)44-31(22)55)10-66-75(59,60)72-77(63,64)73-76(61,62)67-11-18-26(27(65-4)34(70-18)48-13-41-21-28(37)39-12-40-29(21)48)71-74(57,58)8-6-16-24(53)25(54)33(68-16)47-7-5-19(50)42-36(47)56/h5,7,12-18,23-27,32-34,52-54H,6,8-11H2,1-4H3,(H9-,37,38,39,40,42,43,44,50,55,56,57,58,59,60,61,62,63,64)/p+1/t15-,16-,17-,18-,23-,24-,25-,26-,27-,32?,33-,34-/m1/s1. The second-order valence-corrected chi connectivity index (χ2v) is 24.3. The molecule has 0 aromatic carbocycles. The molecule has 8 heterocycles. The van der Waals surface area contributed by atoms with Crippen molar-refractivity contribution in [3.05, 3.63) is 62.4 Å². The number of phosphoric acid groups is 3. The number of amides is 1. The number of carbonyl (C=O) groups is 1. The van der Waals surface area contributed by atoms with Crippen LogP contribution < -0.4 is 32.8 Å². The number of H-pyrrole nitrogens is 2. The molecular weight excluding hydrogens is 1120 g/mol. The third-order valence-corrected chi connectivity index (χ3v) is 18.0. The van der Waals surface area contributed by atoms with E-state index >= 15 is 0 Å². The summed E-state index contributed by atoms with van der Waals surface area (Å²) in [4.78, 5) is 114. The molecule has 5 unspecified atom stereocenters. The Morgan fingerprint density at radius 3 is 2.16 bits per heavy atom. The predicted molar refractivity (Wildman–Crippen MR) is 252 cm³/mol. The number of nitrogens with two attached hydrogens (primary N) is 2. The number of anilines is 2. The molecular formula is C36H52N13O24P4+. The van der Waals surface area contributed by atoms with Crippen molar-refractivity contribution >= 4 is 71.1 Å². The number of carbonyl (C=O) groups excluding carboxylic acids is 1. The third-order valence-electron chi connectivity index (χ3n) is 12.4. The van der Waals surface area contributed by atoms with Gasteiger partial charge in [-0.25, -0.2) is 38.0 Å². The van der Waals surface area contributed by atoms with E-state index in [1.54, 1.807) is 0 Å². The van der Waals surface area contributed by atoms with Gasteiger partial charge in [-0.2, -0.15) is 8.62 Å². The SMILES string of the molecule is CO[C@@H]1[C@H](OP(=O)(O)CC[C@H]2O[C@@H](n3ccc(=O)[nH]c3=O)[C@H](O)[C@@H]2O)[C@@H](COP(=O)(O)OP(=O)(O)OP(=O)(O)OC[C@H]2OC([n+]3cn(C)c4c(=O)[nH]c(N)nc43)[C@H](O)[C@@H]2CC(=O)N(C)C)O[C@H]1n1cnc2c(N)ncnc21. The lowest BCUT2D eigenvalue weighted by Gasteiger charge is -2.26. The smallest absolute Gasteiger partial charge is 0.388 e. The summed E-state index contributed by atoms with van der Waals surface area (Å²) >= 11 is 0. The molecule has 0 saturated carbocycles. The first-order chi connectivity index (χ1) is 36.0. The fraction of sp³-hybridized carbons (Fsp3) is 0.583. The number of aryl methyl sites for hydroxylation is 1. The number of nitrogen functional groups attached to an aromatic ring is 2. The zero-order valence-electron chi connectivity index (χ0n) is 40.4. The van der Waals surface area contributed by atoms with Crippen LogP contribution in [0.3, 0.4) is 0 Å². The Kier molecular flexibility index (Phi) is 16.8. The molecule has 1 amide bonds. The molecule has 3 aliphatic heterocycles. The van der Waals surface area contributed by atoms with Gasteiger partial charge in [0.2, 0.25) is 17.7 Å². The molecule has 5 aromatic rings. The fourth-order valence-corrected chi connectivity index (χ4v) is 13.6. The summed E-state index contributed by atoms with van der Waals surface area (Å²) in [5, 5.41) is 32.9. The molecule has 5 aromatic heterocycles. The summed E-state index contributed by atoms with van der Waals surface area (Å²) in [7, 11) is -17.6. The Bertz CT molecular complexity index is 3410. The number of ether oxygens (including phenoxy) is 4. The Labute approximate surface area is 430 Å². The highest BCUT2D eigenvalue weighted by Gasteiger charge is 2.54. The minimum absolute atomic E-state index is 0.00542. The fourth-order valence-electron chi connectivity index (χ4n) is 8.79. The van der Waals surface area contributed by atoms with Crippen LogP contribution in [0.15, 0.2) is 45.6 Å². The van der Waals surface area contributed by atoms with Crippen molar-refractivity contribution in [2.24, 2.45) is 13.0 Å². The minimum Gasteiger partial charge on any atom is -0.388 e. The van der Waals surface area contributed by atoms with Crippen LogP contribution in [-0.4, -0.2) is 179 Å². The number of nitrogens with one attached hydrogen (secondary N) is 2.